The number of rotatable bonds is 13. The van der Waals surface area contributed by atoms with Crippen LogP contribution in [-0.4, -0.2) is 87.8 Å². The zero-order valence-corrected chi connectivity index (χ0v) is 30.8. The molecule has 55 heavy (non-hydrogen) atoms. The third-order valence-corrected chi connectivity index (χ3v) is 10.0. The number of nitrogens with zero attached hydrogens (tertiary/aromatic N) is 2. The van der Waals surface area contributed by atoms with Crippen molar-refractivity contribution in [3.8, 4) is 0 Å². The summed E-state index contributed by atoms with van der Waals surface area (Å²) >= 11 is 0. The molecule has 2 aliphatic heterocycles. The van der Waals surface area contributed by atoms with Crippen molar-refractivity contribution in [3.05, 3.63) is 76.3 Å². The second kappa shape index (κ2) is 16.4. The van der Waals surface area contributed by atoms with Crippen molar-refractivity contribution in [3.63, 3.8) is 0 Å². The monoisotopic (exact) mass is 752 g/mol. The standard InChI is InChI=1S/C39H44N8O8/c1-20-15-34(49)55-32-17-24(11-12-25(20)32)44-37(52)29(16-23-19-41-27-8-5-4-7-26(23)27)45-35(50)22(3)43-38(53)31-9-6-14-47(31)39(54)30(18-33(40)48)46-36(51)28-13-10-21(2)42-28/h4-5,7-8,11-12,15,17,19,22,28-31,41H,6,9-10,13-14,16,18H2,1-3H3,(H2,40,48)(H,43,53)(H,44,52)(H,45,50)(H,46,51). The van der Waals surface area contributed by atoms with Gasteiger partial charge in [-0.15, -0.1) is 0 Å². The summed E-state index contributed by atoms with van der Waals surface area (Å²) in [5.74, 6) is -3.77. The van der Waals surface area contributed by atoms with Crippen molar-refractivity contribution in [1.82, 2.24) is 25.8 Å². The van der Waals surface area contributed by atoms with Crippen LogP contribution in [0.25, 0.3) is 21.9 Å². The average Bonchev–Trinajstić information content (AvgIpc) is 3.90. The van der Waals surface area contributed by atoms with Gasteiger partial charge >= 0.3 is 5.63 Å². The maximum atomic E-state index is 13.8. The van der Waals surface area contributed by atoms with Crippen LogP contribution in [0, 0.1) is 6.92 Å². The van der Waals surface area contributed by atoms with Gasteiger partial charge in [-0.3, -0.25) is 33.8 Å². The molecule has 0 aliphatic carbocycles. The van der Waals surface area contributed by atoms with Crippen molar-refractivity contribution in [2.24, 2.45) is 10.7 Å². The highest BCUT2D eigenvalue weighted by atomic mass is 16.4. The zero-order valence-electron chi connectivity index (χ0n) is 30.8. The fourth-order valence-electron chi connectivity index (χ4n) is 7.14. The van der Waals surface area contributed by atoms with Gasteiger partial charge in [-0.1, -0.05) is 18.2 Å². The first kappa shape index (κ1) is 38.4. The summed E-state index contributed by atoms with van der Waals surface area (Å²) in [6.45, 7) is 5.24. The number of likely N-dealkylation sites (tertiary alicyclic amines) is 1. The molecule has 1 fully saturated rings. The second-order valence-electron chi connectivity index (χ2n) is 14.1. The summed E-state index contributed by atoms with van der Waals surface area (Å²) in [4.78, 5) is 100. The van der Waals surface area contributed by atoms with Crippen LogP contribution in [0.5, 0.6) is 0 Å². The van der Waals surface area contributed by atoms with Gasteiger partial charge < -0.3 is 41.3 Å². The number of nitrogens with one attached hydrogen (secondary N) is 5. The van der Waals surface area contributed by atoms with Gasteiger partial charge in [-0.05, 0) is 75.8 Å². The van der Waals surface area contributed by atoms with Crippen LogP contribution in [0.4, 0.5) is 5.69 Å². The number of primary amides is 1. The summed E-state index contributed by atoms with van der Waals surface area (Å²) < 4.78 is 5.34. The number of fused-ring (bicyclic) bond motifs is 2. The highest BCUT2D eigenvalue weighted by Crippen LogP contribution is 2.24. The highest BCUT2D eigenvalue weighted by Gasteiger charge is 2.40. The summed E-state index contributed by atoms with van der Waals surface area (Å²) in [7, 11) is 0. The normalized spacial score (nSPS) is 18.3. The molecule has 2 aromatic carbocycles. The third-order valence-electron chi connectivity index (χ3n) is 10.0. The lowest BCUT2D eigenvalue weighted by Crippen LogP contribution is -2.57. The van der Waals surface area contributed by atoms with Crippen LogP contribution in [0.15, 0.2) is 68.9 Å². The summed E-state index contributed by atoms with van der Waals surface area (Å²) in [6, 6.07) is 8.63. The summed E-state index contributed by atoms with van der Waals surface area (Å²) in [5, 5.41) is 12.4. The number of para-hydroxylation sites is 1. The van der Waals surface area contributed by atoms with Crippen LogP contribution >= 0.6 is 0 Å². The third kappa shape index (κ3) is 8.91. The van der Waals surface area contributed by atoms with Gasteiger partial charge in [-0.25, -0.2) is 4.79 Å². The van der Waals surface area contributed by atoms with Crippen molar-refractivity contribution in [2.75, 3.05) is 11.9 Å². The predicted molar refractivity (Wildman–Crippen MR) is 204 cm³/mol. The Morgan fingerprint density at radius 1 is 0.945 bits per heavy atom. The number of aliphatic imine (C=N–C) groups is 1. The number of aromatic nitrogens is 1. The molecule has 4 aromatic rings. The molecule has 7 N–H and O–H groups in total. The van der Waals surface area contributed by atoms with E-state index in [1.54, 1.807) is 25.3 Å². The highest BCUT2D eigenvalue weighted by molar-refractivity contribution is 6.01. The molecule has 5 unspecified atom stereocenters. The molecular weight excluding hydrogens is 708 g/mol. The number of carbonyl (C=O) groups excluding carboxylic acids is 6. The Morgan fingerprint density at radius 2 is 1.73 bits per heavy atom. The molecule has 2 aliphatic rings. The molecule has 4 heterocycles. The Labute approximate surface area is 315 Å². The van der Waals surface area contributed by atoms with Gasteiger partial charge in [0.25, 0.3) is 0 Å². The SMILES string of the molecule is CC1=NC(C(=O)NC(CC(N)=O)C(=O)N2CCCC2C(=O)NC(C)C(=O)NC(Cc2c[nH]c3ccccc23)C(=O)Nc2ccc3c(C)cc(=O)oc3c2)CC1. The van der Waals surface area contributed by atoms with E-state index in [0.29, 0.717) is 30.3 Å². The molecule has 6 amide bonds. The molecule has 16 heteroatoms. The minimum absolute atomic E-state index is 0.0909. The largest absolute Gasteiger partial charge is 0.423 e. The van der Waals surface area contributed by atoms with Gasteiger partial charge in [0.2, 0.25) is 35.4 Å². The number of amides is 6. The predicted octanol–water partition coefficient (Wildman–Crippen LogP) is 1.73. The van der Waals surface area contributed by atoms with Crippen LogP contribution in [-0.2, 0) is 35.2 Å². The van der Waals surface area contributed by atoms with E-state index < -0.39 is 77.7 Å². The molecule has 0 saturated carbocycles. The second-order valence-corrected chi connectivity index (χ2v) is 14.1. The lowest BCUT2D eigenvalue weighted by molar-refractivity contribution is -0.143. The Balaban J connectivity index is 1.15. The Hall–Kier alpha value is -6.32. The quantitative estimate of drug-likeness (QED) is 0.110. The first-order valence-electron chi connectivity index (χ1n) is 18.2. The molecule has 0 spiro atoms. The molecule has 6 rings (SSSR count). The zero-order chi connectivity index (χ0) is 39.4. The first-order chi connectivity index (χ1) is 26.3. The molecule has 0 bridgehead atoms. The van der Waals surface area contributed by atoms with Gasteiger partial charge in [-0.2, -0.15) is 0 Å². The molecule has 2 aromatic heterocycles. The Morgan fingerprint density at radius 3 is 2.47 bits per heavy atom. The minimum Gasteiger partial charge on any atom is -0.423 e. The number of hydrogen-bond acceptors (Lipinski definition) is 9. The maximum absolute atomic E-state index is 13.8. The summed E-state index contributed by atoms with van der Waals surface area (Å²) in [5.41, 5.74) is 8.67. The maximum Gasteiger partial charge on any atom is 0.336 e. The Bertz CT molecular complexity index is 2260. The van der Waals surface area contributed by atoms with Crippen LogP contribution < -0.4 is 32.6 Å². The van der Waals surface area contributed by atoms with E-state index in [9.17, 15) is 33.6 Å². The number of carbonyl (C=O) groups is 6. The van der Waals surface area contributed by atoms with E-state index in [4.69, 9.17) is 10.2 Å². The molecule has 0 radical (unpaired) electrons. The van der Waals surface area contributed by atoms with Crippen molar-refractivity contribution in [2.45, 2.75) is 89.5 Å². The van der Waals surface area contributed by atoms with E-state index >= 15 is 0 Å². The number of nitrogens with two attached hydrogens (primary N) is 1. The van der Waals surface area contributed by atoms with E-state index in [2.05, 4.69) is 31.2 Å². The first-order valence-corrected chi connectivity index (χ1v) is 18.2. The van der Waals surface area contributed by atoms with Gasteiger partial charge in [0.05, 0.1) is 6.42 Å². The molecular formula is C39H44N8O8. The molecule has 288 valence electrons. The molecule has 5 atom stereocenters. The van der Waals surface area contributed by atoms with E-state index in [1.165, 1.54) is 24.0 Å². The number of aryl methyl sites for hydroxylation is 1. The van der Waals surface area contributed by atoms with Crippen LogP contribution in [0.3, 0.4) is 0 Å². The van der Waals surface area contributed by atoms with Gasteiger partial charge in [0, 0.05) is 59.0 Å². The van der Waals surface area contributed by atoms with Crippen molar-refractivity contribution < 1.29 is 33.2 Å². The van der Waals surface area contributed by atoms with Gasteiger partial charge in [0.1, 0.15) is 35.8 Å². The number of anilines is 1. The van der Waals surface area contributed by atoms with E-state index in [0.717, 1.165) is 27.7 Å². The number of hydrogen-bond donors (Lipinski definition) is 6. The number of H-pyrrole nitrogens is 1. The molecule has 1 saturated heterocycles. The lowest BCUT2D eigenvalue weighted by Gasteiger charge is -2.29. The lowest BCUT2D eigenvalue weighted by atomic mass is 10.0. The smallest absolute Gasteiger partial charge is 0.336 e. The summed E-state index contributed by atoms with van der Waals surface area (Å²) in [6.07, 6.45) is 3.27. The fraction of sp³-hybridized carbons (Fsp3) is 0.385. The van der Waals surface area contributed by atoms with Crippen molar-refractivity contribution >= 4 is 68.7 Å². The fourth-order valence-corrected chi connectivity index (χ4v) is 7.14. The number of aromatic amines is 1. The topological polar surface area (TPSA) is 238 Å². The number of benzene rings is 2. The van der Waals surface area contributed by atoms with E-state index in [-0.39, 0.29) is 25.0 Å². The van der Waals surface area contributed by atoms with Crippen LogP contribution in [0.1, 0.15) is 57.1 Å². The minimum atomic E-state index is -1.29. The Kier molecular flexibility index (Phi) is 11.4. The van der Waals surface area contributed by atoms with Crippen LogP contribution in [0.2, 0.25) is 0 Å². The average molecular weight is 753 g/mol. The van der Waals surface area contributed by atoms with Gasteiger partial charge in [0.15, 0.2) is 0 Å². The van der Waals surface area contributed by atoms with Crippen molar-refractivity contribution in [1.29, 1.82) is 0 Å². The molecule has 16 nitrogen and oxygen atoms in total. The van der Waals surface area contributed by atoms with E-state index in [1.807, 2.05) is 31.2 Å².